The van der Waals surface area contributed by atoms with Crippen molar-refractivity contribution < 1.29 is 9.59 Å². The van der Waals surface area contributed by atoms with Crippen molar-refractivity contribution in [3.8, 4) is 0 Å². The minimum atomic E-state index is 0.0381. The standard InChI is InChI=1S/C22H28ClN3O2/c1-14-15(2)21(25-16(14)3)22(28)26-10-8-17(9-11-26)12-20(27)24-13-18-6-4-5-7-19(18)23/h4-7,17,25H,8-13H2,1-3H3,(H,24,27). The Morgan fingerprint density at radius 2 is 1.82 bits per heavy atom. The van der Waals surface area contributed by atoms with Gasteiger partial charge in [-0.05, 0) is 62.3 Å². The number of halogens is 1. The van der Waals surface area contributed by atoms with Gasteiger partial charge in [0.1, 0.15) is 5.69 Å². The molecule has 2 N–H and O–H groups in total. The SMILES string of the molecule is Cc1[nH]c(C(=O)N2CCC(CC(=O)NCc3ccccc3Cl)CC2)c(C)c1C. The Bertz CT molecular complexity index is 867. The van der Waals surface area contributed by atoms with Gasteiger partial charge in [-0.1, -0.05) is 29.8 Å². The van der Waals surface area contributed by atoms with Crippen LogP contribution in [0, 0.1) is 26.7 Å². The van der Waals surface area contributed by atoms with Crippen LogP contribution >= 0.6 is 11.6 Å². The van der Waals surface area contributed by atoms with Gasteiger partial charge in [0.05, 0.1) is 0 Å². The topological polar surface area (TPSA) is 65.2 Å². The highest BCUT2D eigenvalue weighted by Gasteiger charge is 2.27. The number of hydrogen-bond donors (Lipinski definition) is 2. The maximum Gasteiger partial charge on any atom is 0.270 e. The number of benzene rings is 1. The van der Waals surface area contributed by atoms with Crippen molar-refractivity contribution in [1.29, 1.82) is 0 Å². The van der Waals surface area contributed by atoms with Gasteiger partial charge in [0.15, 0.2) is 0 Å². The molecule has 150 valence electrons. The number of aromatic nitrogens is 1. The van der Waals surface area contributed by atoms with Crippen molar-refractivity contribution in [1.82, 2.24) is 15.2 Å². The predicted octanol–water partition coefficient (Wildman–Crippen LogP) is 4.15. The molecule has 0 unspecified atom stereocenters. The van der Waals surface area contributed by atoms with E-state index in [-0.39, 0.29) is 11.8 Å². The van der Waals surface area contributed by atoms with Crippen molar-refractivity contribution in [2.75, 3.05) is 13.1 Å². The number of hydrogen-bond acceptors (Lipinski definition) is 2. The summed E-state index contributed by atoms with van der Waals surface area (Å²) in [7, 11) is 0. The van der Waals surface area contributed by atoms with E-state index in [0.29, 0.717) is 42.7 Å². The number of rotatable bonds is 5. The van der Waals surface area contributed by atoms with Gasteiger partial charge in [-0.3, -0.25) is 9.59 Å². The number of amides is 2. The fourth-order valence-corrected chi connectivity index (χ4v) is 3.93. The molecule has 0 radical (unpaired) electrons. The van der Waals surface area contributed by atoms with Crippen LogP contribution in [0.2, 0.25) is 5.02 Å². The van der Waals surface area contributed by atoms with Crippen LogP contribution in [0.15, 0.2) is 24.3 Å². The van der Waals surface area contributed by atoms with Crippen LogP contribution in [0.5, 0.6) is 0 Å². The Balaban J connectivity index is 1.47. The highest BCUT2D eigenvalue weighted by Crippen LogP contribution is 2.24. The van der Waals surface area contributed by atoms with E-state index in [1.54, 1.807) is 0 Å². The first-order valence-electron chi connectivity index (χ1n) is 9.82. The van der Waals surface area contributed by atoms with E-state index in [4.69, 9.17) is 11.6 Å². The second-order valence-corrected chi connectivity index (χ2v) is 8.09. The minimum Gasteiger partial charge on any atom is -0.354 e. The molecule has 2 amide bonds. The second-order valence-electron chi connectivity index (χ2n) is 7.68. The molecule has 28 heavy (non-hydrogen) atoms. The summed E-state index contributed by atoms with van der Waals surface area (Å²) in [4.78, 5) is 30.2. The lowest BCUT2D eigenvalue weighted by molar-refractivity contribution is -0.122. The van der Waals surface area contributed by atoms with E-state index in [2.05, 4.69) is 10.3 Å². The molecule has 5 nitrogen and oxygen atoms in total. The lowest BCUT2D eigenvalue weighted by Gasteiger charge is -2.31. The average molecular weight is 402 g/mol. The van der Waals surface area contributed by atoms with Gasteiger partial charge in [0.2, 0.25) is 5.91 Å². The Hall–Kier alpha value is -2.27. The van der Waals surface area contributed by atoms with Gasteiger partial charge >= 0.3 is 0 Å². The van der Waals surface area contributed by atoms with Crippen LogP contribution in [0.25, 0.3) is 0 Å². The van der Waals surface area contributed by atoms with Gasteiger partial charge in [-0.2, -0.15) is 0 Å². The average Bonchev–Trinajstić information content (AvgIpc) is 2.95. The lowest BCUT2D eigenvalue weighted by Crippen LogP contribution is -2.40. The van der Waals surface area contributed by atoms with Gasteiger partial charge < -0.3 is 15.2 Å². The summed E-state index contributed by atoms with van der Waals surface area (Å²) in [5, 5.41) is 3.62. The normalized spacial score (nSPS) is 14.9. The molecule has 1 aromatic heterocycles. The molecule has 0 spiro atoms. The lowest BCUT2D eigenvalue weighted by atomic mass is 9.93. The highest BCUT2D eigenvalue weighted by atomic mass is 35.5. The zero-order valence-corrected chi connectivity index (χ0v) is 17.5. The summed E-state index contributed by atoms with van der Waals surface area (Å²) in [6.45, 7) is 7.84. The molecular formula is C22H28ClN3O2. The summed E-state index contributed by atoms with van der Waals surface area (Å²) in [6.07, 6.45) is 2.19. The van der Waals surface area contributed by atoms with Crippen molar-refractivity contribution >= 4 is 23.4 Å². The van der Waals surface area contributed by atoms with Gasteiger partial charge in [-0.25, -0.2) is 0 Å². The zero-order valence-electron chi connectivity index (χ0n) is 16.8. The molecule has 0 bridgehead atoms. The molecule has 6 heteroatoms. The molecule has 2 heterocycles. The third kappa shape index (κ3) is 4.58. The van der Waals surface area contributed by atoms with Crippen molar-refractivity contribution in [3.63, 3.8) is 0 Å². The Morgan fingerprint density at radius 3 is 2.43 bits per heavy atom. The fraction of sp³-hybridized carbons (Fsp3) is 0.455. The molecule has 1 saturated heterocycles. The van der Waals surface area contributed by atoms with E-state index in [1.165, 1.54) is 0 Å². The first kappa shape index (κ1) is 20.5. The molecule has 0 aliphatic carbocycles. The van der Waals surface area contributed by atoms with E-state index in [1.807, 2.05) is 49.9 Å². The number of likely N-dealkylation sites (tertiary alicyclic amines) is 1. The second kappa shape index (κ2) is 8.82. The molecule has 0 saturated carbocycles. The van der Waals surface area contributed by atoms with Crippen molar-refractivity contribution in [3.05, 3.63) is 57.4 Å². The number of nitrogens with zero attached hydrogens (tertiary/aromatic N) is 1. The quantitative estimate of drug-likeness (QED) is 0.790. The largest absolute Gasteiger partial charge is 0.354 e. The Kier molecular flexibility index (Phi) is 6.45. The summed E-state index contributed by atoms with van der Waals surface area (Å²) in [5.41, 5.74) is 4.85. The van der Waals surface area contributed by atoms with Crippen molar-refractivity contribution in [2.45, 2.75) is 46.6 Å². The summed E-state index contributed by atoms with van der Waals surface area (Å²) < 4.78 is 0. The maximum absolute atomic E-state index is 12.8. The number of aromatic amines is 1. The summed E-state index contributed by atoms with van der Waals surface area (Å²) in [6, 6.07) is 7.53. The molecule has 0 atom stereocenters. The number of H-pyrrole nitrogens is 1. The summed E-state index contributed by atoms with van der Waals surface area (Å²) in [5.74, 6) is 0.412. The van der Waals surface area contributed by atoms with Crippen LogP contribution in [0.4, 0.5) is 0 Å². The van der Waals surface area contributed by atoms with Gasteiger partial charge in [0, 0.05) is 36.8 Å². The van der Waals surface area contributed by atoms with Crippen molar-refractivity contribution in [2.24, 2.45) is 5.92 Å². The smallest absolute Gasteiger partial charge is 0.270 e. The van der Waals surface area contributed by atoms with Gasteiger partial charge in [0.25, 0.3) is 5.91 Å². The number of aryl methyl sites for hydroxylation is 1. The number of piperidine rings is 1. The third-order valence-corrected chi connectivity index (χ3v) is 6.20. The maximum atomic E-state index is 12.8. The molecule has 2 aromatic rings. The Morgan fingerprint density at radius 1 is 1.14 bits per heavy atom. The Labute approximate surface area is 171 Å². The third-order valence-electron chi connectivity index (χ3n) is 5.84. The number of nitrogens with one attached hydrogen (secondary N) is 2. The highest BCUT2D eigenvalue weighted by molar-refractivity contribution is 6.31. The molecule has 3 rings (SSSR count). The molecule has 1 fully saturated rings. The number of carbonyl (C=O) groups is 2. The monoisotopic (exact) mass is 401 g/mol. The van der Waals surface area contributed by atoms with E-state index < -0.39 is 0 Å². The first-order valence-corrected chi connectivity index (χ1v) is 10.2. The molecular weight excluding hydrogens is 374 g/mol. The van der Waals surface area contributed by atoms with Gasteiger partial charge in [-0.15, -0.1) is 0 Å². The summed E-state index contributed by atoms with van der Waals surface area (Å²) >= 11 is 6.13. The van der Waals surface area contributed by atoms with Crippen LogP contribution in [-0.4, -0.2) is 34.8 Å². The van der Waals surface area contributed by atoms with E-state index in [9.17, 15) is 9.59 Å². The molecule has 1 aliphatic rings. The zero-order chi connectivity index (χ0) is 20.3. The fourth-order valence-electron chi connectivity index (χ4n) is 3.73. The predicted molar refractivity (Wildman–Crippen MR) is 112 cm³/mol. The van der Waals surface area contributed by atoms with E-state index in [0.717, 1.165) is 35.2 Å². The van der Waals surface area contributed by atoms with Crippen LogP contribution in [0.1, 0.15) is 52.1 Å². The first-order chi connectivity index (χ1) is 13.4. The van der Waals surface area contributed by atoms with Crippen LogP contribution in [-0.2, 0) is 11.3 Å². The molecule has 1 aromatic carbocycles. The van der Waals surface area contributed by atoms with Crippen LogP contribution in [0.3, 0.4) is 0 Å². The van der Waals surface area contributed by atoms with E-state index >= 15 is 0 Å². The number of carbonyl (C=O) groups excluding carboxylic acids is 2. The minimum absolute atomic E-state index is 0.0381. The van der Waals surface area contributed by atoms with Crippen LogP contribution < -0.4 is 5.32 Å². The molecule has 1 aliphatic heterocycles.